The molecule has 1 saturated heterocycles. The Bertz CT molecular complexity index is 413. The van der Waals surface area contributed by atoms with E-state index in [9.17, 15) is 9.50 Å². The molecule has 0 spiro atoms. The zero-order chi connectivity index (χ0) is 13.1. The molecule has 0 aliphatic carbocycles. The second-order valence-corrected chi connectivity index (χ2v) is 6.11. The summed E-state index contributed by atoms with van der Waals surface area (Å²) in [5.41, 5.74) is 1.95. The number of likely N-dealkylation sites (N-methyl/N-ethyl adjacent to an activating group) is 1. The minimum absolute atomic E-state index is 0.202. The van der Waals surface area contributed by atoms with E-state index in [1.807, 2.05) is 18.7 Å². The van der Waals surface area contributed by atoms with Gasteiger partial charge >= 0.3 is 0 Å². The van der Waals surface area contributed by atoms with Crippen molar-refractivity contribution in [1.82, 2.24) is 4.90 Å². The zero-order valence-electron chi connectivity index (χ0n) is 10.9. The van der Waals surface area contributed by atoms with Crippen LogP contribution in [0.15, 0.2) is 18.2 Å². The highest BCUT2D eigenvalue weighted by Crippen LogP contribution is 2.21. The Balaban J connectivity index is 2.03. The van der Waals surface area contributed by atoms with Crippen molar-refractivity contribution in [2.75, 3.05) is 25.1 Å². The van der Waals surface area contributed by atoms with E-state index in [1.165, 1.54) is 12.1 Å². The van der Waals surface area contributed by atoms with Gasteiger partial charge in [0.05, 0.1) is 6.10 Å². The normalized spacial score (nSPS) is 23.0. The number of hydrogen-bond donors (Lipinski definition) is 1. The van der Waals surface area contributed by atoms with Gasteiger partial charge in [-0.2, -0.15) is 11.8 Å². The van der Waals surface area contributed by atoms with E-state index >= 15 is 0 Å². The minimum Gasteiger partial charge on any atom is -0.391 e. The molecule has 2 unspecified atom stereocenters. The predicted molar refractivity (Wildman–Crippen MR) is 74.6 cm³/mol. The van der Waals surface area contributed by atoms with Crippen molar-refractivity contribution in [3.63, 3.8) is 0 Å². The first-order valence-electron chi connectivity index (χ1n) is 6.29. The highest BCUT2D eigenvalue weighted by molar-refractivity contribution is 7.99. The average molecular weight is 269 g/mol. The third-order valence-electron chi connectivity index (χ3n) is 3.62. The van der Waals surface area contributed by atoms with Gasteiger partial charge in [0.2, 0.25) is 0 Å². The van der Waals surface area contributed by atoms with Crippen LogP contribution in [0, 0.1) is 12.7 Å². The Morgan fingerprint density at radius 1 is 1.56 bits per heavy atom. The van der Waals surface area contributed by atoms with Gasteiger partial charge in [-0.05, 0) is 37.2 Å². The van der Waals surface area contributed by atoms with E-state index in [0.717, 1.165) is 29.2 Å². The first-order chi connectivity index (χ1) is 8.58. The Labute approximate surface area is 112 Å². The van der Waals surface area contributed by atoms with Crippen LogP contribution >= 0.6 is 11.8 Å². The van der Waals surface area contributed by atoms with E-state index < -0.39 is 0 Å². The van der Waals surface area contributed by atoms with Gasteiger partial charge < -0.3 is 5.11 Å². The van der Waals surface area contributed by atoms with E-state index in [-0.39, 0.29) is 18.0 Å². The highest BCUT2D eigenvalue weighted by atomic mass is 32.2. The van der Waals surface area contributed by atoms with Crippen LogP contribution in [0.4, 0.5) is 4.39 Å². The van der Waals surface area contributed by atoms with Crippen LogP contribution in [0.1, 0.15) is 11.1 Å². The summed E-state index contributed by atoms with van der Waals surface area (Å²) >= 11 is 1.89. The summed E-state index contributed by atoms with van der Waals surface area (Å²) in [6.45, 7) is 2.92. The summed E-state index contributed by atoms with van der Waals surface area (Å²) in [4.78, 5) is 2.22. The van der Waals surface area contributed by atoms with Gasteiger partial charge in [-0.3, -0.25) is 4.90 Å². The first kappa shape index (κ1) is 13.8. The molecule has 1 heterocycles. The smallest absolute Gasteiger partial charge is 0.123 e. The summed E-state index contributed by atoms with van der Waals surface area (Å²) in [5, 5.41) is 10.3. The Hall–Kier alpha value is -0.580. The van der Waals surface area contributed by atoms with E-state index in [0.29, 0.717) is 6.42 Å². The number of nitrogens with zero attached hydrogens (tertiary/aromatic N) is 1. The average Bonchev–Trinajstić information content (AvgIpc) is 2.33. The van der Waals surface area contributed by atoms with Crippen LogP contribution < -0.4 is 0 Å². The van der Waals surface area contributed by atoms with Crippen molar-refractivity contribution in [1.29, 1.82) is 0 Å². The molecule has 1 aromatic carbocycles. The highest BCUT2D eigenvalue weighted by Gasteiger charge is 2.26. The lowest BCUT2D eigenvalue weighted by Gasteiger charge is -2.35. The third kappa shape index (κ3) is 3.25. The van der Waals surface area contributed by atoms with Crippen LogP contribution in [0.5, 0.6) is 0 Å². The molecule has 2 nitrogen and oxygen atoms in total. The first-order valence-corrected chi connectivity index (χ1v) is 7.44. The Kier molecular flexibility index (Phi) is 4.65. The summed E-state index contributed by atoms with van der Waals surface area (Å²) in [6, 6.07) is 4.98. The molecule has 100 valence electrons. The van der Waals surface area contributed by atoms with Gasteiger partial charge in [0.25, 0.3) is 0 Å². The van der Waals surface area contributed by atoms with Crippen molar-refractivity contribution in [3.8, 4) is 0 Å². The summed E-state index contributed by atoms with van der Waals surface area (Å²) < 4.78 is 13.0. The zero-order valence-corrected chi connectivity index (χ0v) is 11.7. The number of rotatable bonds is 3. The number of aryl methyl sites for hydroxylation is 1. The molecule has 0 aromatic heterocycles. The second kappa shape index (κ2) is 6.04. The molecule has 2 atom stereocenters. The number of aliphatic hydroxyl groups excluding tert-OH is 1. The van der Waals surface area contributed by atoms with Gasteiger partial charge in [0.15, 0.2) is 0 Å². The fourth-order valence-electron chi connectivity index (χ4n) is 2.36. The summed E-state index contributed by atoms with van der Waals surface area (Å²) in [7, 11) is 2.06. The molecular weight excluding hydrogens is 249 g/mol. The molecule has 0 saturated carbocycles. The Morgan fingerprint density at radius 3 is 3.00 bits per heavy atom. The van der Waals surface area contributed by atoms with Gasteiger partial charge in [-0.15, -0.1) is 0 Å². The molecule has 1 aromatic rings. The van der Waals surface area contributed by atoms with Crippen LogP contribution in [-0.4, -0.2) is 47.3 Å². The molecule has 0 amide bonds. The largest absolute Gasteiger partial charge is 0.391 e. The van der Waals surface area contributed by atoms with E-state index in [4.69, 9.17) is 0 Å². The molecule has 0 bridgehead atoms. The van der Waals surface area contributed by atoms with Crippen LogP contribution in [0.2, 0.25) is 0 Å². The number of benzene rings is 1. The fraction of sp³-hybridized carbons (Fsp3) is 0.571. The quantitative estimate of drug-likeness (QED) is 0.909. The SMILES string of the molecule is Cc1cc(F)ccc1CC(O)C1CSCCN1C. The maximum absolute atomic E-state index is 13.0. The van der Waals surface area contributed by atoms with Crippen LogP contribution in [0.3, 0.4) is 0 Å². The van der Waals surface area contributed by atoms with Gasteiger partial charge in [-0.25, -0.2) is 4.39 Å². The molecule has 1 N–H and O–H groups in total. The van der Waals surface area contributed by atoms with Crippen molar-refractivity contribution in [3.05, 3.63) is 35.1 Å². The standard InChI is InChI=1S/C14H20FNOS/c1-10-7-12(15)4-3-11(10)8-14(17)13-9-18-6-5-16(13)2/h3-4,7,13-14,17H,5-6,8-9H2,1-2H3. The molecule has 1 aliphatic heterocycles. The number of hydrogen-bond acceptors (Lipinski definition) is 3. The molecule has 18 heavy (non-hydrogen) atoms. The predicted octanol–water partition coefficient (Wildman–Crippen LogP) is 2.08. The Morgan fingerprint density at radius 2 is 2.33 bits per heavy atom. The second-order valence-electron chi connectivity index (χ2n) is 4.97. The topological polar surface area (TPSA) is 23.5 Å². The van der Waals surface area contributed by atoms with Crippen molar-refractivity contribution >= 4 is 11.8 Å². The van der Waals surface area contributed by atoms with Crippen molar-refractivity contribution in [2.24, 2.45) is 0 Å². The number of thioether (sulfide) groups is 1. The molecular formula is C14H20FNOS. The maximum Gasteiger partial charge on any atom is 0.123 e. The molecule has 0 radical (unpaired) electrons. The van der Waals surface area contributed by atoms with Gasteiger partial charge in [0.1, 0.15) is 5.82 Å². The third-order valence-corrected chi connectivity index (χ3v) is 4.67. The lowest BCUT2D eigenvalue weighted by Crippen LogP contribution is -2.47. The van der Waals surface area contributed by atoms with Crippen molar-refractivity contribution in [2.45, 2.75) is 25.5 Å². The van der Waals surface area contributed by atoms with Gasteiger partial charge in [-0.1, -0.05) is 6.07 Å². The number of halogens is 1. The van der Waals surface area contributed by atoms with E-state index in [1.54, 1.807) is 6.07 Å². The van der Waals surface area contributed by atoms with Crippen molar-refractivity contribution < 1.29 is 9.50 Å². The summed E-state index contributed by atoms with van der Waals surface area (Å²) in [5.74, 6) is 1.89. The monoisotopic (exact) mass is 269 g/mol. The lowest BCUT2D eigenvalue weighted by atomic mass is 9.98. The fourth-order valence-corrected chi connectivity index (χ4v) is 3.66. The molecule has 4 heteroatoms. The van der Waals surface area contributed by atoms with Gasteiger partial charge in [0, 0.05) is 30.5 Å². The van der Waals surface area contributed by atoms with Crippen LogP contribution in [-0.2, 0) is 6.42 Å². The van der Waals surface area contributed by atoms with Crippen LogP contribution in [0.25, 0.3) is 0 Å². The molecule has 2 rings (SSSR count). The lowest BCUT2D eigenvalue weighted by molar-refractivity contribution is 0.0762. The molecule has 1 fully saturated rings. The maximum atomic E-state index is 13.0. The summed E-state index contributed by atoms with van der Waals surface area (Å²) in [6.07, 6.45) is 0.216. The minimum atomic E-state index is -0.382. The number of aliphatic hydroxyl groups is 1. The van der Waals surface area contributed by atoms with E-state index in [2.05, 4.69) is 11.9 Å². The molecule has 1 aliphatic rings.